The van der Waals surface area contributed by atoms with Gasteiger partial charge in [0.2, 0.25) is 5.91 Å². The van der Waals surface area contributed by atoms with Crippen LogP contribution in [0.2, 0.25) is 0 Å². The van der Waals surface area contributed by atoms with Gasteiger partial charge in [0.15, 0.2) is 0 Å². The van der Waals surface area contributed by atoms with Gasteiger partial charge in [-0.1, -0.05) is 24.3 Å². The van der Waals surface area contributed by atoms with Gasteiger partial charge in [-0.2, -0.15) is 0 Å². The summed E-state index contributed by atoms with van der Waals surface area (Å²) in [4.78, 5) is 13.5. The molecule has 1 atom stereocenters. The van der Waals surface area contributed by atoms with Gasteiger partial charge in [-0.3, -0.25) is 4.79 Å². The first-order valence-corrected chi connectivity index (χ1v) is 6.04. The molecule has 1 N–H and O–H groups in total. The van der Waals surface area contributed by atoms with Crippen LogP contribution in [0.15, 0.2) is 24.3 Å². The van der Waals surface area contributed by atoms with E-state index in [9.17, 15) is 4.79 Å². The summed E-state index contributed by atoms with van der Waals surface area (Å²) in [6.45, 7) is 2.77. The maximum atomic E-state index is 11.4. The lowest BCUT2D eigenvalue weighted by Gasteiger charge is -2.26. The maximum Gasteiger partial charge on any atom is 0.246 e. The molecule has 100 valence electrons. The molecule has 0 aliphatic rings. The van der Waals surface area contributed by atoms with Crippen LogP contribution in [0.4, 0.5) is 0 Å². The van der Waals surface area contributed by atoms with E-state index in [0.717, 1.165) is 0 Å². The number of carbonyl (C=O) groups excluding carboxylic acids is 1. The van der Waals surface area contributed by atoms with Crippen LogP contribution in [-0.4, -0.2) is 45.2 Å². The van der Waals surface area contributed by atoms with Gasteiger partial charge >= 0.3 is 0 Å². The highest BCUT2D eigenvalue weighted by Gasteiger charge is 2.16. The molecule has 0 aromatic heterocycles. The predicted octanol–water partition coefficient (Wildman–Crippen LogP) is 1.36. The molecular formula is C14H22N2O2. The Morgan fingerprint density at radius 3 is 2.61 bits per heavy atom. The second-order valence-electron chi connectivity index (χ2n) is 4.57. The van der Waals surface area contributed by atoms with Gasteiger partial charge < -0.3 is 15.0 Å². The summed E-state index contributed by atoms with van der Waals surface area (Å²) in [5.74, 6) is -0.0852. The number of nitrogens with one attached hydrogen (secondary N) is 1. The van der Waals surface area contributed by atoms with Crippen molar-refractivity contribution in [2.24, 2.45) is 0 Å². The third-order valence-electron chi connectivity index (χ3n) is 2.94. The SMILES string of the molecule is COCC(=O)NC[C@H](c1ccccc1C)N(C)C. The lowest BCUT2D eigenvalue weighted by atomic mass is 10.0. The third-order valence-corrected chi connectivity index (χ3v) is 2.94. The lowest BCUT2D eigenvalue weighted by molar-refractivity contribution is -0.124. The van der Waals surface area contributed by atoms with Crippen LogP contribution in [0.5, 0.6) is 0 Å². The summed E-state index contributed by atoms with van der Waals surface area (Å²) < 4.78 is 4.80. The quantitative estimate of drug-likeness (QED) is 0.829. The van der Waals surface area contributed by atoms with Crippen LogP contribution in [0.25, 0.3) is 0 Å². The van der Waals surface area contributed by atoms with E-state index in [0.29, 0.717) is 6.54 Å². The number of methoxy groups -OCH3 is 1. The summed E-state index contributed by atoms with van der Waals surface area (Å²) in [5.41, 5.74) is 2.47. The van der Waals surface area contributed by atoms with Crippen LogP contribution < -0.4 is 5.32 Å². The Morgan fingerprint density at radius 2 is 2.06 bits per heavy atom. The zero-order chi connectivity index (χ0) is 13.5. The normalized spacial score (nSPS) is 12.5. The first-order chi connectivity index (χ1) is 8.56. The van der Waals surface area contributed by atoms with Crippen molar-refractivity contribution in [2.75, 3.05) is 34.4 Å². The van der Waals surface area contributed by atoms with Crippen molar-refractivity contribution in [3.8, 4) is 0 Å². The first-order valence-electron chi connectivity index (χ1n) is 6.04. The fraction of sp³-hybridized carbons (Fsp3) is 0.500. The van der Waals surface area contributed by atoms with Crippen molar-refractivity contribution in [1.82, 2.24) is 10.2 Å². The number of rotatable bonds is 6. The molecule has 4 nitrogen and oxygen atoms in total. The molecule has 0 heterocycles. The van der Waals surface area contributed by atoms with Crippen molar-refractivity contribution in [2.45, 2.75) is 13.0 Å². The topological polar surface area (TPSA) is 41.6 Å². The molecule has 0 saturated carbocycles. The minimum absolute atomic E-state index is 0.0852. The van der Waals surface area contributed by atoms with Crippen molar-refractivity contribution in [3.05, 3.63) is 35.4 Å². The Bertz CT molecular complexity index is 391. The average Bonchev–Trinajstić information content (AvgIpc) is 2.31. The van der Waals surface area contributed by atoms with Gasteiger partial charge in [-0.15, -0.1) is 0 Å². The number of hydrogen-bond donors (Lipinski definition) is 1. The number of hydrogen-bond acceptors (Lipinski definition) is 3. The first kappa shape index (κ1) is 14.7. The summed E-state index contributed by atoms with van der Waals surface area (Å²) in [7, 11) is 5.55. The van der Waals surface area contributed by atoms with Gasteiger partial charge in [-0.25, -0.2) is 0 Å². The number of benzene rings is 1. The number of aryl methyl sites for hydroxylation is 1. The molecule has 1 amide bonds. The summed E-state index contributed by atoms with van der Waals surface area (Å²) in [6.07, 6.45) is 0. The number of likely N-dealkylation sites (N-methyl/N-ethyl adjacent to an activating group) is 1. The van der Waals surface area contributed by atoms with Crippen molar-refractivity contribution in [1.29, 1.82) is 0 Å². The fourth-order valence-electron chi connectivity index (χ4n) is 1.92. The maximum absolute atomic E-state index is 11.4. The Morgan fingerprint density at radius 1 is 1.39 bits per heavy atom. The second-order valence-corrected chi connectivity index (χ2v) is 4.57. The van der Waals surface area contributed by atoms with Gasteiger partial charge in [0.05, 0.1) is 6.04 Å². The van der Waals surface area contributed by atoms with Crippen LogP contribution in [0, 0.1) is 6.92 Å². The van der Waals surface area contributed by atoms with E-state index in [1.807, 2.05) is 26.2 Å². The highest BCUT2D eigenvalue weighted by Crippen LogP contribution is 2.20. The van der Waals surface area contributed by atoms with Crippen LogP contribution in [0.3, 0.4) is 0 Å². The molecule has 1 rings (SSSR count). The molecular weight excluding hydrogens is 228 g/mol. The summed E-state index contributed by atoms with van der Waals surface area (Å²) >= 11 is 0. The molecule has 0 fully saturated rings. The van der Waals surface area contributed by atoms with Crippen LogP contribution in [-0.2, 0) is 9.53 Å². The van der Waals surface area contributed by atoms with Crippen molar-refractivity contribution < 1.29 is 9.53 Å². The number of carbonyl (C=O) groups is 1. The molecule has 0 saturated heterocycles. The zero-order valence-corrected chi connectivity index (χ0v) is 11.6. The van der Waals surface area contributed by atoms with Crippen LogP contribution >= 0.6 is 0 Å². The van der Waals surface area contributed by atoms with E-state index in [-0.39, 0.29) is 18.6 Å². The fourth-order valence-corrected chi connectivity index (χ4v) is 1.92. The summed E-state index contributed by atoms with van der Waals surface area (Å²) in [5, 5.41) is 2.89. The van der Waals surface area contributed by atoms with E-state index in [2.05, 4.69) is 29.3 Å². The smallest absolute Gasteiger partial charge is 0.246 e. The zero-order valence-electron chi connectivity index (χ0n) is 11.6. The molecule has 0 unspecified atom stereocenters. The standard InChI is InChI=1S/C14H22N2O2/c1-11-7-5-6-8-12(11)13(16(2)3)9-15-14(17)10-18-4/h5-8,13H,9-10H2,1-4H3,(H,15,17)/t13-/m1/s1. The van der Waals surface area contributed by atoms with Gasteiger partial charge in [0.25, 0.3) is 0 Å². The average molecular weight is 250 g/mol. The monoisotopic (exact) mass is 250 g/mol. The van der Waals surface area contributed by atoms with Gasteiger partial charge in [0.1, 0.15) is 6.61 Å². The largest absolute Gasteiger partial charge is 0.375 e. The van der Waals surface area contributed by atoms with Crippen molar-refractivity contribution >= 4 is 5.91 Å². The molecule has 0 radical (unpaired) electrons. The molecule has 0 bridgehead atoms. The van der Waals surface area contributed by atoms with Gasteiger partial charge in [-0.05, 0) is 32.1 Å². The van der Waals surface area contributed by atoms with Crippen LogP contribution in [0.1, 0.15) is 17.2 Å². The highest BCUT2D eigenvalue weighted by molar-refractivity contribution is 5.77. The Hall–Kier alpha value is -1.39. The lowest BCUT2D eigenvalue weighted by Crippen LogP contribution is -2.36. The molecule has 4 heteroatoms. The van der Waals surface area contributed by atoms with E-state index in [1.54, 1.807) is 0 Å². The Labute approximate surface area is 109 Å². The van der Waals surface area contributed by atoms with E-state index in [1.165, 1.54) is 18.2 Å². The minimum Gasteiger partial charge on any atom is -0.375 e. The third kappa shape index (κ3) is 4.13. The molecule has 18 heavy (non-hydrogen) atoms. The summed E-state index contributed by atoms with van der Waals surface area (Å²) in [6, 6.07) is 8.41. The van der Waals surface area contributed by atoms with Gasteiger partial charge in [0, 0.05) is 13.7 Å². The predicted molar refractivity (Wildman–Crippen MR) is 72.5 cm³/mol. The minimum atomic E-state index is -0.0852. The van der Waals surface area contributed by atoms with Crippen molar-refractivity contribution in [3.63, 3.8) is 0 Å². The number of amides is 1. The molecule has 0 aliphatic heterocycles. The number of nitrogens with zero attached hydrogens (tertiary/aromatic N) is 1. The van der Waals surface area contributed by atoms with E-state index in [4.69, 9.17) is 4.74 Å². The Kier molecular flexibility index (Phi) is 5.82. The molecule has 0 aliphatic carbocycles. The Balaban J connectivity index is 2.72. The highest BCUT2D eigenvalue weighted by atomic mass is 16.5. The van der Waals surface area contributed by atoms with E-state index < -0.39 is 0 Å². The second kappa shape index (κ2) is 7.13. The number of ether oxygens (including phenoxy) is 1. The molecule has 1 aromatic rings. The molecule has 1 aromatic carbocycles. The van der Waals surface area contributed by atoms with E-state index >= 15 is 0 Å². The molecule has 0 spiro atoms.